The van der Waals surface area contributed by atoms with Gasteiger partial charge in [-0.25, -0.2) is 0 Å². The van der Waals surface area contributed by atoms with Crippen molar-refractivity contribution in [1.82, 2.24) is 15.1 Å². The molecule has 9 nitrogen and oxygen atoms in total. The Kier molecular flexibility index (Phi) is 5.73. The summed E-state index contributed by atoms with van der Waals surface area (Å²) in [5.74, 6) is -0.343. The first-order valence-electron chi connectivity index (χ1n) is 9.40. The predicted octanol–water partition coefficient (Wildman–Crippen LogP) is 3.80. The molecule has 2 heterocycles. The van der Waals surface area contributed by atoms with Crippen molar-refractivity contribution in [2.45, 2.75) is 12.3 Å². The Hall–Kier alpha value is -3.27. The maximum Gasteiger partial charge on any atom is 0.275 e. The second-order valence-electron chi connectivity index (χ2n) is 6.94. The molecule has 31 heavy (non-hydrogen) atoms. The lowest BCUT2D eigenvalue weighted by molar-refractivity contribution is -0.385. The molecule has 0 saturated carbocycles. The SMILES string of the molecule is COC(CN1C(=O)c2[nH]nc(-c3ccc(Cl)cc3)c2C1c1ccccc1[N+](=O)[O-])OC. The van der Waals surface area contributed by atoms with Crippen molar-refractivity contribution in [1.29, 1.82) is 0 Å². The molecule has 1 aromatic heterocycles. The summed E-state index contributed by atoms with van der Waals surface area (Å²) in [5.41, 5.74) is 2.38. The summed E-state index contributed by atoms with van der Waals surface area (Å²) in [6.45, 7) is 0.0745. The van der Waals surface area contributed by atoms with E-state index < -0.39 is 17.3 Å². The maximum absolute atomic E-state index is 13.3. The Labute approximate surface area is 182 Å². The number of halogens is 1. The molecular formula is C21H19ClN4O5. The topological polar surface area (TPSA) is 111 Å². The Balaban J connectivity index is 1.91. The quantitative estimate of drug-likeness (QED) is 0.338. The number of aromatic amines is 1. The molecule has 1 N–H and O–H groups in total. The summed E-state index contributed by atoms with van der Waals surface area (Å²) in [6.07, 6.45) is -0.704. The van der Waals surface area contributed by atoms with Gasteiger partial charge >= 0.3 is 0 Å². The van der Waals surface area contributed by atoms with Gasteiger partial charge in [0.2, 0.25) is 0 Å². The van der Waals surface area contributed by atoms with Crippen LogP contribution >= 0.6 is 11.6 Å². The zero-order valence-corrected chi connectivity index (χ0v) is 17.5. The molecule has 4 rings (SSSR count). The minimum atomic E-state index is -0.749. The molecule has 1 aliphatic heterocycles. The molecule has 2 aromatic carbocycles. The molecule has 1 atom stereocenters. The average molecular weight is 443 g/mol. The van der Waals surface area contributed by atoms with Gasteiger partial charge < -0.3 is 14.4 Å². The van der Waals surface area contributed by atoms with Gasteiger partial charge in [-0.05, 0) is 18.2 Å². The van der Waals surface area contributed by atoms with Crippen LogP contribution in [0, 0.1) is 10.1 Å². The molecule has 3 aromatic rings. The summed E-state index contributed by atoms with van der Waals surface area (Å²) in [7, 11) is 2.93. The number of nitro groups is 1. The van der Waals surface area contributed by atoms with Crippen LogP contribution in [0.2, 0.25) is 5.02 Å². The Morgan fingerprint density at radius 3 is 2.52 bits per heavy atom. The third-order valence-corrected chi connectivity index (χ3v) is 5.53. The molecule has 0 saturated heterocycles. The number of carbonyl (C=O) groups excluding carboxylic acids is 1. The van der Waals surface area contributed by atoms with E-state index in [-0.39, 0.29) is 23.8 Å². The Morgan fingerprint density at radius 2 is 1.87 bits per heavy atom. The molecule has 1 aliphatic rings. The molecule has 0 bridgehead atoms. The van der Waals surface area contributed by atoms with Gasteiger partial charge in [0.1, 0.15) is 5.69 Å². The lowest BCUT2D eigenvalue weighted by Crippen LogP contribution is -2.38. The van der Waals surface area contributed by atoms with E-state index in [1.165, 1.54) is 25.2 Å². The van der Waals surface area contributed by atoms with E-state index in [4.69, 9.17) is 21.1 Å². The minimum absolute atomic E-state index is 0.0745. The van der Waals surface area contributed by atoms with E-state index in [1.54, 1.807) is 42.5 Å². The van der Waals surface area contributed by atoms with Crippen LogP contribution in [0.15, 0.2) is 48.5 Å². The lowest BCUT2D eigenvalue weighted by Gasteiger charge is -2.28. The number of rotatable bonds is 7. The Morgan fingerprint density at radius 1 is 1.19 bits per heavy atom. The van der Waals surface area contributed by atoms with E-state index in [9.17, 15) is 14.9 Å². The summed E-state index contributed by atoms with van der Waals surface area (Å²) >= 11 is 6.01. The summed E-state index contributed by atoms with van der Waals surface area (Å²) in [6, 6.07) is 12.6. The van der Waals surface area contributed by atoms with Gasteiger partial charge in [0.25, 0.3) is 11.6 Å². The third-order valence-electron chi connectivity index (χ3n) is 5.28. The number of hydrogen-bond acceptors (Lipinski definition) is 6. The molecule has 160 valence electrons. The van der Waals surface area contributed by atoms with Crippen LogP contribution in [0.1, 0.15) is 27.7 Å². The number of benzene rings is 2. The number of nitro benzene ring substituents is 1. The summed E-state index contributed by atoms with van der Waals surface area (Å²) < 4.78 is 10.6. The largest absolute Gasteiger partial charge is 0.354 e. The van der Waals surface area contributed by atoms with Crippen molar-refractivity contribution >= 4 is 23.2 Å². The van der Waals surface area contributed by atoms with E-state index in [2.05, 4.69) is 10.2 Å². The van der Waals surface area contributed by atoms with E-state index >= 15 is 0 Å². The summed E-state index contributed by atoms with van der Waals surface area (Å²) in [4.78, 5) is 26.1. The fourth-order valence-electron chi connectivity index (χ4n) is 3.83. The first-order chi connectivity index (χ1) is 15.0. The summed E-state index contributed by atoms with van der Waals surface area (Å²) in [5, 5.41) is 19.5. The first kappa shape index (κ1) is 21.0. The fourth-order valence-corrected chi connectivity index (χ4v) is 3.95. The monoisotopic (exact) mass is 442 g/mol. The highest BCUT2D eigenvalue weighted by molar-refractivity contribution is 6.30. The van der Waals surface area contributed by atoms with Crippen molar-refractivity contribution < 1.29 is 19.2 Å². The number of aromatic nitrogens is 2. The van der Waals surface area contributed by atoms with Crippen molar-refractivity contribution in [2.75, 3.05) is 20.8 Å². The number of carbonyl (C=O) groups is 1. The van der Waals surface area contributed by atoms with Crippen molar-refractivity contribution in [3.63, 3.8) is 0 Å². The predicted molar refractivity (Wildman–Crippen MR) is 113 cm³/mol. The van der Waals surface area contributed by atoms with Crippen LogP contribution in [0.4, 0.5) is 5.69 Å². The number of hydrogen-bond donors (Lipinski definition) is 1. The Bertz CT molecular complexity index is 1130. The molecule has 10 heteroatoms. The number of nitrogens with one attached hydrogen (secondary N) is 1. The highest BCUT2D eigenvalue weighted by atomic mass is 35.5. The molecule has 0 fully saturated rings. The van der Waals surface area contributed by atoms with Gasteiger partial charge in [0, 0.05) is 36.4 Å². The second kappa shape index (κ2) is 8.46. The second-order valence-corrected chi connectivity index (χ2v) is 7.38. The molecule has 0 aliphatic carbocycles. The number of para-hydroxylation sites is 1. The van der Waals surface area contributed by atoms with Crippen LogP contribution in [0.25, 0.3) is 11.3 Å². The fraction of sp³-hybridized carbons (Fsp3) is 0.238. The van der Waals surface area contributed by atoms with Crippen LogP contribution in [0.3, 0.4) is 0 Å². The number of fused-ring (bicyclic) bond motifs is 1. The molecule has 1 amide bonds. The minimum Gasteiger partial charge on any atom is -0.354 e. The first-order valence-corrected chi connectivity index (χ1v) is 9.78. The van der Waals surface area contributed by atoms with Crippen molar-refractivity contribution in [3.8, 4) is 11.3 Å². The van der Waals surface area contributed by atoms with Crippen LogP contribution in [-0.4, -0.2) is 53.0 Å². The number of H-pyrrole nitrogens is 1. The van der Waals surface area contributed by atoms with Gasteiger partial charge in [-0.15, -0.1) is 0 Å². The molecule has 0 radical (unpaired) electrons. The van der Waals surface area contributed by atoms with Gasteiger partial charge in [0.15, 0.2) is 6.29 Å². The average Bonchev–Trinajstić information content (AvgIpc) is 3.31. The van der Waals surface area contributed by atoms with Crippen LogP contribution in [0.5, 0.6) is 0 Å². The van der Waals surface area contributed by atoms with E-state index in [0.717, 1.165) is 5.56 Å². The number of ether oxygens (including phenoxy) is 2. The van der Waals surface area contributed by atoms with E-state index in [0.29, 0.717) is 21.8 Å². The van der Waals surface area contributed by atoms with Crippen LogP contribution < -0.4 is 0 Å². The molecule has 0 spiro atoms. The lowest BCUT2D eigenvalue weighted by atomic mass is 9.95. The van der Waals surface area contributed by atoms with Crippen molar-refractivity contribution in [2.24, 2.45) is 0 Å². The highest BCUT2D eigenvalue weighted by Gasteiger charge is 2.45. The van der Waals surface area contributed by atoms with Gasteiger partial charge in [-0.3, -0.25) is 20.0 Å². The van der Waals surface area contributed by atoms with Gasteiger partial charge in [-0.1, -0.05) is 35.9 Å². The van der Waals surface area contributed by atoms with Crippen LogP contribution in [-0.2, 0) is 9.47 Å². The zero-order chi connectivity index (χ0) is 22.1. The zero-order valence-electron chi connectivity index (χ0n) is 16.7. The number of amides is 1. The normalized spacial score (nSPS) is 15.5. The molecular weight excluding hydrogens is 424 g/mol. The van der Waals surface area contributed by atoms with E-state index in [1.807, 2.05) is 0 Å². The van der Waals surface area contributed by atoms with Gasteiger partial charge in [0.05, 0.1) is 28.8 Å². The standard InChI is InChI=1S/C21H19ClN4O5/c1-30-16(31-2)11-25-20(14-5-3-4-6-15(14)26(28)29)17-18(23-24-19(17)21(25)27)12-7-9-13(22)10-8-12/h3-10,16,20H,11H2,1-2H3,(H,23,24). The van der Waals surface area contributed by atoms with Crippen molar-refractivity contribution in [3.05, 3.63) is 80.5 Å². The van der Waals surface area contributed by atoms with Gasteiger partial charge in [-0.2, -0.15) is 5.10 Å². The third kappa shape index (κ3) is 3.67. The smallest absolute Gasteiger partial charge is 0.275 e. The number of nitrogens with zero attached hydrogens (tertiary/aromatic N) is 3. The maximum atomic E-state index is 13.3. The highest BCUT2D eigenvalue weighted by Crippen LogP contribution is 2.45. The molecule has 1 unspecified atom stereocenters. The number of methoxy groups -OCH3 is 2.